The topological polar surface area (TPSA) is 52.6 Å². The number of ether oxygens (including phenoxy) is 2. The Bertz CT molecular complexity index is 835. The van der Waals surface area contributed by atoms with Crippen molar-refractivity contribution in [3.63, 3.8) is 0 Å². The summed E-state index contributed by atoms with van der Waals surface area (Å²) in [6.07, 6.45) is 18.5. The number of carbonyl (C=O) groups excluding carboxylic acids is 2. The van der Waals surface area contributed by atoms with Crippen LogP contribution in [-0.4, -0.2) is 18.5 Å². The average Bonchev–Trinajstić information content (AvgIpc) is 2.89. The van der Waals surface area contributed by atoms with Gasteiger partial charge in [-0.2, -0.15) is 0 Å². The molecule has 0 atom stereocenters. The van der Waals surface area contributed by atoms with Crippen LogP contribution >= 0.6 is 11.6 Å². The Balaban J connectivity index is 1.34. The van der Waals surface area contributed by atoms with E-state index in [-0.39, 0.29) is 17.9 Å². The molecule has 2 saturated carbocycles. The summed E-state index contributed by atoms with van der Waals surface area (Å²) in [6.45, 7) is 6.12. The predicted octanol–water partition coefficient (Wildman–Crippen LogP) is 8.49. The molecule has 3 rings (SSSR count). The van der Waals surface area contributed by atoms with Gasteiger partial charge in [-0.3, -0.25) is 4.79 Å². The molecule has 0 saturated heterocycles. The summed E-state index contributed by atoms with van der Waals surface area (Å²) in [4.78, 5) is 23.8. The molecule has 0 heterocycles. The van der Waals surface area contributed by atoms with Crippen LogP contribution in [0, 0.1) is 23.7 Å². The summed E-state index contributed by atoms with van der Waals surface area (Å²) in [7, 11) is 0. The van der Waals surface area contributed by atoms with E-state index >= 15 is 0 Å². The highest BCUT2D eigenvalue weighted by Gasteiger charge is 2.33. The lowest BCUT2D eigenvalue weighted by Gasteiger charge is -2.37. The van der Waals surface area contributed by atoms with E-state index in [1.807, 2.05) is 12.1 Å². The fourth-order valence-electron chi connectivity index (χ4n) is 6.18. The van der Waals surface area contributed by atoms with Gasteiger partial charge in [-0.25, -0.2) is 4.79 Å². The Morgan fingerprint density at radius 2 is 1.64 bits per heavy atom. The van der Waals surface area contributed by atoms with Crippen molar-refractivity contribution < 1.29 is 19.1 Å². The Kier molecular flexibility index (Phi) is 12.3. The molecule has 0 spiro atoms. The van der Waals surface area contributed by atoms with Gasteiger partial charge in [0.15, 0.2) is 0 Å². The summed E-state index contributed by atoms with van der Waals surface area (Å²) < 4.78 is 10.7. The first kappa shape index (κ1) is 28.8. The fraction of sp³-hybridized carbons (Fsp3) is 0.677. The number of rotatable bonds is 13. The van der Waals surface area contributed by atoms with Gasteiger partial charge in [0.05, 0.1) is 12.5 Å². The SMILES string of the molecule is C=CC(=O)OCCCCCCc1ccc(OC(=O)C2CCC(C3CCC(CCC)CC3)CC2)cc1Cl. The smallest absolute Gasteiger partial charge is 0.330 e. The lowest BCUT2D eigenvalue weighted by atomic mass is 9.69. The standard InChI is InChI=1S/C31H45ClO4/c1-3-9-23-11-13-24(14-12-23)25-15-17-27(18-16-25)31(34)36-28-20-19-26(29(32)22-28)10-7-5-6-8-21-35-30(33)4-2/h4,19-20,22-25,27H,2-3,5-18,21H2,1H3. The monoisotopic (exact) mass is 516 g/mol. The molecule has 0 bridgehead atoms. The van der Waals surface area contributed by atoms with E-state index in [4.69, 9.17) is 21.1 Å². The highest BCUT2D eigenvalue weighted by atomic mass is 35.5. The van der Waals surface area contributed by atoms with Crippen LogP contribution in [-0.2, 0) is 20.7 Å². The van der Waals surface area contributed by atoms with Crippen molar-refractivity contribution in [3.05, 3.63) is 41.4 Å². The lowest BCUT2D eigenvalue weighted by molar-refractivity contribution is -0.140. The van der Waals surface area contributed by atoms with Crippen LogP contribution < -0.4 is 4.74 Å². The summed E-state index contributed by atoms with van der Waals surface area (Å²) in [5.74, 6) is 2.73. The zero-order chi connectivity index (χ0) is 25.8. The minimum atomic E-state index is -0.366. The van der Waals surface area contributed by atoms with Crippen molar-refractivity contribution in [2.24, 2.45) is 23.7 Å². The van der Waals surface area contributed by atoms with Crippen LogP contribution in [0.2, 0.25) is 5.02 Å². The van der Waals surface area contributed by atoms with Gasteiger partial charge in [-0.1, -0.05) is 69.7 Å². The summed E-state index contributed by atoms with van der Waals surface area (Å²) >= 11 is 6.49. The molecule has 2 fully saturated rings. The number of carbonyl (C=O) groups is 2. The van der Waals surface area contributed by atoms with Crippen molar-refractivity contribution in [2.45, 2.75) is 103 Å². The zero-order valence-corrected chi connectivity index (χ0v) is 22.9. The van der Waals surface area contributed by atoms with Crippen LogP contribution in [0.3, 0.4) is 0 Å². The van der Waals surface area contributed by atoms with E-state index in [9.17, 15) is 9.59 Å². The Morgan fingerprint density at radius 1 is 0.972 bits per heavy atom. The second-order valence-electron chi connectivity index (χ2n) is 10.9. The van der Waals surface area contributed by atoms with Gasteiger partial charge in [0, 0.05) is 11.1 Å². The molecule has 5 heteroatoms. The number of hydrogen-bond acceptors (Lipinski definition) is 4. The van der Waals surface area contributed by atoms with Gasteiger partial charge in [0.1, 0.15) is 5.75 Å². The third-order valence-corrected chi connectivity index (χ3v) is 8.71. The average molecular weight is 517 g/mol. The fourth-order valence-corrected chi connectivity index (χ4v) is 6.44. The number of benzene rings is 1. The molecule has 0 aliphatic heterocycles. The van der Waals surface area contributed by atoms with Crippen LogP contribution in [0.25, 0.3) is 0 Å². The Hall–Kier alpha value is -1.81. The highest BCUT2D eigenvalue weighted by Crippen LogP contribution is 2.42. The molecular formula is C31H45ClO4. The van der Waals surface area contributed by atoms with Gasteiger partial charge >= 0.3 is 11.9 Å². The van der Waals surface area contributed by atoms with Crippen LogP contribution in [0.4, 0.5) is 0 Å². The van der Waals surface area contributed by atoms with Crippen molar-refractivity contribution >= 4 is 23.5 Å². The minimum Gasteiger partial charge on any atom is -0.463 e. The maximum Gasteiger partial charge on any atom is 0.330 e. The molecule has 4 nitrogen and oxygen atoms in total. The van der Waals surface area contributed by atoms with Crippen molar-refractivity contribution in [1.29, 1.82) is 0 Å². The number of esters is 2. The first-order chi connectivity index (χ1) is 17.5. The van der Waals surface area contributed by atoms with E-state index in [1.54, 1.807) is 6.07 Å². The molecule has 0 N–H and O–H groups in total. The molecule has 0 amide bonds. The number of unbranched alkanes of at least 4 members (excludes halogenated alkanes) is 3. The van der Waals surface area contributed by atoms with Gasteiger partial charge in [0.25, 0.3) is 0 Å². The Morgan fingerprint density at radius 3 is 2.28 bits per heavy atom. The van der Waals surface area contributed by atoms with E-state index in [0.29, 0.717) is 17.4 Å². The second-order valence-corrected chi connectivity index (χ2v) is 11.3. The minimum absolute atomic E-state index is 0.0156. The number of aryl methyl sites for hydroxylation is 1. The summed E-state index contributed by atoms with van der Waals surface area (Å²) in [6, 6.07) is 5.63. The van der Waals surface area contributed by atoms with Gasteiger partial charge in [0.2, 0.25) is 0 Å². The third-order valence-electron chi connectivity index (χ3n) is 8.35. The van der Waals surface area contributed by atoms with Crippen LogP contribution in [0.15, 0.2) is 30.9 Å². The number of halogens is 1. The Labute approximate surface area is 223 Å². The second kappa shape index (κ2) is 15.4. The highest BCUT2D eigenvalue weighted by molar-refractivity contribution is 6.31. The molecule has 36 heavy (non-hydrogen) atoms. The third kappa shape index (κ3) is 9.25. The van der Waals surface area contributed by atoms with Crippen molar-refractivity contribution in [1.82, 2.24) is 0 Å². The molecule has 2 aliphatic rings. The molecule has 0 unspecified atom stereocenters. The summed E-state index contributed by atoms with van der Waals surface area (Å²) in [5, 5.41) is 0.655. The zero-order valence-electron chi connectivity index (χ0n) is 22.2. The maximum atomic E-state index is 12.8. The van der Waals surface area contributed by atoms with Gasteiger partial charge < -0.3 is 9.47 Å². The number of hydrogen-bond donors (Lipinski definition) is 0. The molecule has 1 aromatic carbocycles. The molecule has 200 valence electrons. The quantitative estimate of drug-likeness (QED) is 0.114. The predicted molar refractivity (Wildman–Crippen MR) is 146 cm³/mol. The largest absolute Gasteiger partial charge is 0.463 e. The molecule has 1 aromatic rings. The first-order valence-corrected chi connectivity index (χ1v) is 14.7. The van der Waals surface area contributed by atoms with Crippen LogP contribution in [0.5, 0.6) is 5.75 Å². The normalized spacial score (nSPS) is 24.2. The molecule has 0 radical (unpaired) electrons. The van der Waals surface area contributed by atoms with E-state index in [1.165, 1.54) is 57.4 Å². The lowest BCUT2D eigenvalue weighted by Crippen LogP contribution is -2.30. The van der Waals surface area contributed by atoms with Crippen molar-refractivity contribution in [3.8, 4) is 5.75 Å². The summed E-state index contributed by atoms with van der Waals surface area (Å²) in [5.41, 5.74) is 1.07. The molecule has 0 aromatic heterocycles. The first-order valence-electron chi connectivity index (χ1n) is 14.3. The van der Waals surface area contributed by atoms with E-state index in [2.05, 4.69) is 13.5 Å². The van der Waals surface area contributed by atoms with Gasteiger partial charge in [-0.15, -0.1) is 0 Å². The van der Waals surface area contributed by atoms with Crippen molar-refractivity contribution in [2.75, 3.05) is 6.61 Å². The van der Waals surface area contributed by atoms with Gasteiger partial charge in [-0.05, 0) is 93.2 Å². The van der Waals surface area contributed by atoms with E-state index < -0.39 is 0 Å². The maximum absolute atomic E-state index is 12.8. The molecular weight excluding hydrogens is 472 g/mol. The molecule has 2 aliphatic carbocycles. The van der Waals surface area contributed by atoms with Crippen LogP contribution in [0.1, 0.15) is 102 Å². The van der Waals surface area contributed by atoms with E-state index in [0.717, 1.165) is 68.3 Å².